The van der Waals surface area contributed by atoms with Gasteiger partial charge in [-0.3, -0.25) is 0 Å². The van der Waals surface area contributed by atoms with Gasteiger partial charge in [-0.25, -0.2) is 0 Å². The largest absolute Gasteiger partial charge is 0.309 e. The second kappa shape index (κ2) is 5.93. The molecule has 0 bridgehead atoms. The van der Waals surface area contributed by atoms with Crippen molar-refractivity contribution in [1.82, 2.24) is 5.32 Å². The van der Waals surface area contributed by atoms with Gasteiger partial charge in [-0.2, -0.15) is 0 Å². The highest BCUT2D eigenvalue weighted by molar-refractivity contribution is 9.11. The summed E-state index contributed by atoms with van der Waals surface area (Å²) in [4.78, 5) is 1.24. The number of hydrogen-bond acceptors (Lipinski definition) is 2. The van der Waals surface area contributed by atoms with Crippen LogP contribution < -0.4 is 5.32 Å². The monoisotopic (exact) mass is 363 g/mol. The van der Waals surface area contributed by atoms with E-state index in [4.69, 9.17) is 23.2 Å². The molecular weight excluding hydrogens is 353 g/mol. The summed E-state index contributed by atoms with van der Waals surface area (Å²) in [6.45, 7) is 2.09. The van der Waals surface area contributed by atoms with E-state index >= 15 is 0 Å². The lowest BCUT2D eigenvalue weighted by Crippen LogP contribution is -2.16. The lowest BCUT2D eigenvalue weighted by Gasteiger charge is -2.15. The van der Waals surface area contributed by atoms with Crippen LogP contribution in [0.2, 0.25) is 10.0 Å². The van der Waals surface area contributed by atoms with E-state index in [0.29, 0.717) is 10.0 Å². The standard InChI is InChI=1S/C13H12BrCl2NS/c1-7-3-11(18-13(7)14)12(17-2)8-4-9(15)6-10(16)5-8/h3-6,12,17H,1-2H3. The zero-order valence-electron chi connectivity index (χ0n) is 9.93. The molecule has 5 heteroatoms. The number of benzene rings is 1. The Morgan fingerprint density at radius 1 is 1.17 bits per heavy atom. The van der Waals surface area contributed by atoms with Gasteiger partial charge < -0.3 is 5.32 Å². The smallest absolute Gasteiger partial charge is 0.0731 e. The van der Waals surface area contributed by atoms with E-state index in [1.54, 1.807) is 17.4 Å². The predicted octanol–water partition coefficient (Wildman–Crippen LogP) is 5.43. The van der Waals surface area contributed by atoms with Crippen molar-refractivity contribution in [2.24, 2.45) is 0 Å². The Kier molecular flexibility index (Phi) is 4.73. The number of hydrogen-bond donors (Lipinski definition) is 1. The van der Waals surface area contributed by atoms with Crippen LogP contribution in [-0.4, -0.2) is 7.05 Å². The van der Waals surface area contributed by atoms with E-state index in [0.717, 1.165) is 9.35 Å². The number of rotatable bonds is 3. The molecule has 0 saturated carbocycles. The second-order valence-corrected chi connectivity index (χ2v) is 7.30. The molecule has 1 aromatic heterocycles. The number of nitrogens with one attached hydrogen (secondary N) is 1. The van der Waals surface area contributed by atoms with Crippen molar-refractivity contribution in [3.8, 4) is 0 Å². The van der Waals surface area contributed by atoms with Crippen LogP contribution in [0, 0.1) is 6.92 Å². The molecule has 0 fully saturated rings. The maximum atomic E-state index is 6.06. The summed E-state index contributed by atoms with van der Waals surface area (Å²) in [5.41, 5.74) is 2.31. The molecule has 2 aromatic rings. The maximum Gasteiger partial charge on any atom is 0.0731 e. The summed E-state index contributed by atoms with van der Waals surface area (Å²) in [6, 6.07) is 7.91. The van der Waals surface area contributed by atoms with E-state index in [1.165, 1.54) is 10.4 Å². The third-order valence-electron chi connectivity index (χ3n) is 2.67. The Balaban J connectivity index is 2.44. The van der Waals surface area contributed by atoms with E-state index in [-0.39, 0.29) is 6.04 Å². The van der Waals surface area contributed by atoms with Gasteiger partial charge in [0.25, 0.3) is 0 Å². The quantitative estimate of drug-likeness (QED) is 0.765. The Morgan fingerprint density at radius 3 is 2.22 bits per heavy atom. The molecule has 0 saturated heterocycles. The van der Waals surface area contributed by atoms with Crippen LogP contribution in [0.3, 0.4) is 0 Å². The minimum absolute atomic E-state index is 0.108. The highest BCUT2D eigenvalue weighted by Gasteiger charge is 2.16. The van der Waals surface area contributed by atoms with Crippen LogP contribution in [0.4, 0.5) is 0 Å². The summed E-state index contributed by atoms with van der Waals surface area (Å²) in [5, 5.41) is 4.62. The molecule has 0 aliphatic rings. The first-order chi connectivity index (χ1) is 8.51. The van der Waals surface area contributed by atoms with Crippen molar-refractivity contribution in [3.63, 3.8) is 0 Å². The van der Waals surface area contributed by atoms with Gasteiger partial charge in [0.15, 0.2) is 0 Å². The molecule has 1 N–H and O–H groups in total. The molecule has 0 spiro atoms. The fourth-order valence-corrected chi connectivity index (χ4v) is 4.09. The lowest BCUT2D eigenvalue weighted by atomic mass is 10.1. The molecule has 0 aliphatic heterocycles. The number of thiophene rings is 1. The summed E-state index contributed by atoms with van der Waals surface area (Å²) < 4.78 is 1.16. The first kappa shape index (κ1) is 14.4. The van der Waals surface area contributed by atoms with Gasteiger partial charge in [-0.1, -0.05) is 23.2 Å². The van der Waals surface area contributed by atoms with Crippen molar-refractivity contribution >= 4 is 50.5 Å². The van der Waals surface area contributed by atoms with Gasteiger partial charge in [-0.05, 0) is 65.3 Å². The average molecular weight is 365 g/mol. The van der Waals surface area contributed by atoms with Crippen LogP contribution in [0.15, 0.2) is 28.1 Å². The van der Waals surface area contributed by atoms with Crippen molar-refractivity contribution in [2.45, 2.75) is 13.0 Å². The van der Waals surface area contributed by atoms with Crippen molar-refractivity contribution in [1.29, 1.82) is 0 Å². The fraction of sp³-hybridized carbons (Fsp3) is 0.231. The molecule has 1 unspecified atom stereocenters. The first-order valence-electron chi connectivity index (χ1n) is 5.40. The normalized spacial score (nSPS) is 12.7. The SMILES string of the molecule is CNC(c1cc(Cl)cc(Cl)c1)c1cc(C)c(Br)s1. The van der Waals surface area contributed by atoms with Gasteiger partial charge in [0.1, 0.15) is 0 Å². The summed E-state index contributed by atoms with van der Waals surface area (Å²) in [6.07, 6.45) is 0. The molecule has 18 heavy (non-hydrogen) atoms. The average Bonchev–Trinajstić information content (AvgIpc) is 2.58. The lowest BCUT2D eigenvalue weighted by molar-refractivity contribution is 0.704. The van der Waals surface area contributed by atoms with Crippen LogP contribution in [0.25, 0.3) is 0 Å². The van der Waals surface area contributed by atoms with Crippen LogP contribution in [-0.2, 0) is 0 Å². The molecule has 1 nitrogen and oxygen atoms in total. The zero-order chi connectivity index (χ0) is 13.3. The Hall–Kier alpha value is -0.0600. The molecule has 0 radical (unpaired) electrons. The molecule has 0 aliphatic carbocycles. The molecule has 2 rings (SSSR count). The highest BCUT2D eigenvalue weighted by Crippen LogP contribution is 2.35. The van der Waals surface area contributed by atoms with E-state index in [1.807, 2.05) is 19.2 Å². The summed E-state index contributed by atoms with van der Waals surface area (Å²) in [5.74, 6) is 0. The van der Waals surface area contributed by atoms with Gasteiger partial charge in [0.2, 0.25) is 0 Å². The highest BCUT2D eigenvalue weighted by atomic mass is 79.9. The van der Waals surface area contributed by atoms with Crippen LogP contribution in [0.5, 0.6) is 0 Å². The summed E-state index contributed by atoms with van der Waals surface area (Å²) in [7, 11) is 1.93. The minimum atomic E-state index is 0.108. The van der Waals surface area contributed by atoms with Gasteiger partial charge >= 0.3 is 0 Å². The third-order valence-corrected chi connectivity index (χ3v) is 5.31. The molecule has 0 amide bonds. The Morgan fingerprint density at radius 2 is 1.78 bits per heavy atom. The Bertz CT molecular complexity index is 528. The van der Waals surface area contributed by atoms with E-state index in [2.05, 4.69) is 34.2 Å². The predicted molar refractivity (Wildman–Crippen MR) is 84.1 cm³/mol. The van der Waals surface area contributed by atoms with Crippen molar-refractivity contribution in [2.75, 3.05) is 7.05 Å². The topological polar surface area (TPSA) is 12.0 Å². The molecule has 1 atom stereocenters. The second-order valence-electron chi connectivity index (χ2n) is 4.03. The fourth-order valence-electron chi connectivity index (χ4n) is 1.84. The van der Waals surface area contributed by atoms with Crippen LogP contribution in [0.1, 0.15) is 22.0 Å². The minimum Gasteiger partial charge on any atom is -0.309 e. The Labute approximate surface area is 129 Å². The van der Waals surface area contributed by atoms with Crippen molar-refractivity contribution in [3.05, 3.63) is 54.1 Å². The van der Waals surface area contributed by atoms with Gasteiger partial charge in [0.05, 0.1) is 9.83 Å². The van der Waals surface area contributed by atoms with Crippen molar-refractivity contribution < 1.29 is 0 Å². The molecular formula is C13H12BrCl2NS. The van der Waals surface area contributed by atoms with E-state index < -0.39 is 0 Å². The van der Waals surface area contributed by atoms with Gasteiger partial charge in [0, 0.05) is 14.9 Å². The number of aryl methyl sites for hydroxylation is 1. The molecule has 1 heterocycles. The number of halogens is 3. The third kappa shape index (κ3) is 3.09. The summed E-state index contributed by atoms with van der Waals surface area (Å²) >= 11 is 17.4. The zero-order valence-corrected chi connectivity index (χ0v) is 13.8. The molecule has 1 aromatic carbocycles. The maximum absolute atomic E-state index is 6.06. The van der Waals surface area contributed by atoms with E-state index in [9.17, 15) is 0 Å². The first-order valence-corrected chi connectivity index (χ1v) is 7.77. The van der Waals surface area contributed by atoms with Crippen LogP contribution >= 0.6 is 50.5 Å². The molecule has 96 valence electrons. The van der Waals surface area contributed by atoms with Gasteiger partial charge in [-0.15, -0.1) is 11.3 Å².